The summed E-state index contributed by atoms with van der Waals surface area (Å²) in [4.78, 5) is 28.9. The Morgan fingerprint density at radius 3 is 2.59 bits per heavy atom. The highest BCUT2D eigenvalue weighted by molar-refractivity contribution is 5.84. The van der Waals surface area contributed by atoms with E-state index in [0.717, 1.165) is 31.5 Å². The molecule has 2 heterocycles. The molecule has 0 saturated carbocycles. The van der Waals surface area contributed by atoms with Gasteiger partial charge >= 0.3 is 0 Å². The number of carbonyl (C=O) groups excluding carboxylic acids is 2. The molecule has 2 atom stereocenters. The van der Waals surface area contributed by atoms with E-state index < -0.39 is 0 Å². The number of rotatable bonds is 5. The fourth-order valence-electron chi connectivity index (χ4n) is 4.15. The molecule has 2 aromatic rings. The zero-order valence-electron chi connectivity index (χ0n) is 17.0. The smallest absolute Gasteiger partial charge is 0.251 e. The number of fused-ring (bicyclic) bond motifs is 1. The summed E-state index contributed by atoms with van der Waals surface area (Å²) >= 11 is 0. The monoisotopic (exact) mass is 395 g/mol. The molecule has 2 amide bonds. The number of nitrogens with one attached hydrogen (secondary N) is 1. The van der Waals surface area contributed by atoms with Crippen LogP contribution < -0.4 is 5.32 Å². The minimum atomic E-state index is -0.257. The average Bonchev–Trinajstić information content (AvgIpc) is 3.28. The van der Waals surface area contributed by atoms with Gasteiger partial charge in [-0.2, -0.15) is 0 Å². The van der Waals surface area contributed by atoms with Crippen LogP contribution in [0.4, 0.5) is 0 Å². The summed E-state index contributed by atoms with van der Waals surface area (Å²) in [5.74, 6) is 0.126. The van der Waals surface area contributed by atoms with Gasteiger partial charge in [0.1, 0.15) is 6.10 Å². The molecular formula is C23H29N3O3. The van der Waals surface area contributed by atoms with E-state index in [1.807, 2.05) is 24.0 Å². The van der Waals surface area contributed by atoms with E-state index in [4.69, 9.17) is 4.74 Å². The molecule has 2 unspecified atom stereocenters. The van der Waals surface area contributed by atoms with E-state index in [2.05, 4.69) is 40.5 Å². The van der Waals surface area contributed by atoms with Gasteiger partial charge in [0, 0.05) is 32.8 Å². The average molecular weight is 396 g/mol. The van der Waals surface area contributed by atoms with Crippen LogP contribution in [-0.4, -0.2) is 67.0 Å². The highest BCUT2D eigenvalue weighted by atomic mass is 16.5. The predicted molar refractivity (Wildman–Crippen MR) is 112 cm³/mol. The van der Waals surface area contributed by atoms with Crippen molar-refractivity contribution in [3.05, 3.63) is 48.0 Å². The van der Waals surface area contributed by atoms with Gasteiger partial charge in [-0.15, -0.1) is 0 Å². The summed E-state index contributed by atoms with van der Waals surface area (Å²) in [6, 6.07) is 14.5. The van der Waals surface area contributed by atoms with Crippen molar-refractivity contribution < 1.29 is 14.3 Å². The lowest BCUT2D eigenvalue weighted by atomic mass is 10.0. The van der Waals surface area contributed by atoms with Gasteiger partial charge < -0.3 is 15.0 Å². The van der Waals surface area contributed by atoms with Gasteiger partial charge in [-0.05, 0) is 42.2 Å². The Morgan fingerprint density at radius 1 is 1.10 bits per heavy atom. The first-order valence-electron chi connectivity index (χ1n) is 10.5. The maximum absolute atomic E-state index is 12.5. The number of piperazine rings is 1. The minimum Gasteiger partial charge on any atom is -0.368 e. The SMILES string of the molecule is CC(NC(=O)CN1CCN(C(=O)C2CCCO2)CC1)c1ccc2ccccc2c1. The lowest BCUT2D eigenvalue weighted by molar-refractivity contribution is -0.142. The van der Waals surface area contributed by atoms with Crippen LogP contribution in [0.1, 0.15) is 31.4 Å². The zero-order valence-corrected chi connectivity index (χ0v) is 17.0. The number of hydrogen-bond acceptors (Lipinski definition) is 4. The quantitative estimate of drug-likeness (QED) is 0.844. The third-order valence-electron chi connectivity index (χ3n) is 5.91. The number of hydrogen-bond donors (Lipinski definition) is 1. The van der Waals surface area contributed by atoms with Crippen LogP contribution in [0.3, 0.4) is 0 Å². The van der Waals surface area contributed by atoms with Gasteiger partial charge in [0.15, 0.2) is 0 Å². The number of amides is 2. The van der Waals surface area contributed by atoms with Crippen molar-refractivity contribution >= 4 is 22.6 Å². The van der Waals surface area contributed by atoms with Gasteiger partial charge in [-0.25, -0.2) is 0 Å². The molecule has 2 aromatic carbocycles. The van der Waals surface area contributed by atoms with Crippen LogP contribution in [0, 0.1) is 0 Å². The normalized spacial score (nSPS) is 21.3. The number of carbonyl (C=O) groups is 2. The van der Waals surface area contributed by atoms with Crippen molar-refractivity contribution in [3.8, 4) is 0 Å². The molecule has 1 N–H and O–H groups in total. The van der Waals surface area contributed by atoms with E-state index in [-0.39, 0.29) is 24.0 Å². The summed E-state index contributed by atoms with van der Waals surface area (Å²) in [5, 5.41) is 5.48. The van der Waals surface area contributed by atoms with Gasteiger partial charge in [0.25, 0.3) is 5.91 Å². The van der Waals surface area contributed by atoms with Crippen LogP contribution in [0.15, 0.2) is 42.5 Å². The highest BCUT2D eigenvalue weighted by Gasteiger charge is 2.30. The van der Waals surface area contributed by atoms with Gasteiger partial charge in [0.2, 0.25) is 5.91 Å². The predicted octanol–water partition coefficient (Wildman–Crippen LogP) is 2.34. The third kappa shape index (κ3) is 4.77. The van der Waals surface area contributed by atoms with Crippen molar-refractivity contribution in [3.63, 3.8) is 0 Å². The molecule has 0 aliphatic carbocycles. The molecule has 6 nitrogen and oxygen atoms in total. The molecule has 0 bridgehead atoms. The van der Waals surface area contributed by atoms with E-state index in [0.29, 0.717) is 26.2 Å². The summed E-state index contributed by atoms with van der Waals surface area (Å²) in [7, 11) is 0. The highest BCUT2D eigenvalue weighted by Crippen LogP contribution is 2.20. The Kier molecular flexibility index (Phi) is 6.11. The van der Waals surface area contributed by atoms with Crippen molar-refractivity contribution in [2.24, 2.45) is 0 Å². The largest absolute Gasteiger partial charge is 0.368 e. The molecule has 154 valence electrons. The summed E-state index contributed by atoms with van der Waals surface area (Å²) < 4.78 is 5.50. The first-order valence-corrected chi connectivity index (χ1v) is 10.5. The Bertz CT molecular complexity index is 871. The maximum Gasteiger partial charge on any atom is 0.251 e. The molecule has 2 aliphatic rings. The van der Waals surface area contributed by atoms with Crippen molar-refractivity contribution in [1.29, 1.82) is 0 Å². The minimum absolute atomic E-state index is 0.0181. The standard InChI is InChI=1S/C23H29N3O3/c1-17(19-9-8-18-5-2-3-6-20(18)15-19)24-22(27)16-25-10-12-26(13-11-25)23(28)21-7-4-14-29-21/h2-3,5-6,8-9,15,17,21H,4,7,10-14,16H2,1H3,(H,24,27). The Morgan fingerprint density at radius 2 is 1.86 bits per heavy atom. The summed E-state index contributed by atoms with van der Waals surface area (Å²) in [5.41, 5.74) is 1.10. The molecular weight excluding hydrogens is 366 g/mol. The topological polar surface area (TPSA) is 61.9 Å². The number of benzene rings is 2. The van der Waals surface area contributed by atoms with E-state index in [1.54, 1.807) is 0 Å². The summed E-state index contributed by atoms with van der Waals surface area (Å²) in [6.45, 7) is 5.82. The fourth-order valence-corrected chi connectivity index (χ4v) is 4.15. The first-order chi connectivity index (χ1) is 14.1. The van der Waals surface area contributed by atoms with Gasteiger partial charge in [0.05, 0.1) is 12.6 Å². The second-order valence-electron chi connectivity index (χ2n) is 8.00. The van der Waals surface area contributed by atoms with Crippen molar-refractivity contribution in [1.82, 2.24) is 15.1 Å². The molecule has 0 spiro atoms. The summed E-state index contributed by atoms with van der Waals surface area (Å²) in [6.07, 6.45) is 1.53. The van der Waals surface area contributed by atoms with Gasteiger partial charge in [-0.3, -0.25) is 14.5 Å². The lowest BCUT2D eigenvalue weighted by Crippen LogP contribution is -2.53. The Labute approximate surface area is 171 Å². The van der Waals surface area contributed by atoms with Crippen LogP contribution in [0.5, 0.6) is 0 Å². The van der Waals surface area contributed by atoms with E-state index in [1.165, 1.54) is 10.8 Å². The van der Waals surface area contributed by atoms with E-state index >= 15 is 0 Å². The Hall–Kier alpha value is -2.44. The molecule has 2 aliphatic heterocycles. The Balaban J connectivity index is 1.25. The second-order valence-corrected chi connectivity index (χ2v) is 8.00. The van der Waals surface area contributed by atoms with E-state index in [9.17, 15) is 9.59 Å². The van der Waals surface area contributed by atoms with Crippen LogP contribution in [0.2, 0.25) is 0 Å². The van der Waals surface area contributed by atoms with Crippen LogP contribution in [0.25, 0.3) is 10.8 Å². The molecule has 0 radical (unpaired) electrons. The second kappa shape index (κ2) is 8.93. The fraction of sp³-hybridized carbons (Fsp3) is 0.478. The molecule has 4 rings (SSSR count). The third-order valence-corrected chi connectivity index (χ3v) is 5.91. The molecule has 6 heteroatoms. The van der Waals surface area contributed by atoms with Gasteiger partial charge in [-0.1, -0.05) is 36.4 Å². The number of ether oxygens (including phenoxy) is 1. The van der Waals surface area contributed by atoms with Crippen molar-refractivity contribution in [2.45, 2.75) is 31.9 Å². The van der Waals surface area contributed by atoms with Crippen LogP contribution in [-0.2, 0) is 14.3 Å². The van der Waals surface area contributed by atoms with Crippen LogP contribution >= 0.6 is 0 Å². The first kappa shape index (κ1) is 19.9. The molecule has 0 aromatic heterocycles. The molecule has 2 saturated heterocycles. The zero-order chi connectivity index (χ0) is 20.2. The lowest BCUT2D eigenvalue weighted by Gasteiger charge is -2.35. The maximum atomic E-state index is 12.5. The molecule has 2 fully saturated rings. The van der Waals surface area contributed by atoms with Crippen molar-refractivity contribution in [2.75, 3.05) is 39.3 Å². The molecule has 29 heavy (non-hydrogen) atoms. The number of nitrogens with zero attached hydrogens (tertiary/aromatic N) is 2.